The zero-order chi connectivity index (χ0) is 20.1. The predicted molar refractivity (Wildman–Crippen MR) is 113 cm³/mol. The number of amides is 1. The van der Waals surface area contributed by atoms with Crippen LogP contribution in [0.25, 0.3) is 10.8 Å². The van der Waals surface area contributed by atoms with Crippen molar-refractivity contribution in [3.63, 3.8) is 0 Å². The number of nitrogens with one attached hydrogen (secondary N) is 1. The topological polar surface area (TPSA) is 77.2 Å². The van der Waals surface area contributed by atoms with E-state index < -0.39 is 0 Å². The Morgan fingerprint density at radius 2 is 1.83 bits per heavy atom. The molecule has 0 aliphatic carbocycles. The number of hydrogen-bond donors (Lipinski definition) is 1. The molecule has 7 heteroatoms. The smallest absolute Gasteiger partial charge is 0.277 e. The number of ether oxygens (including phenoxy) is 1. The Balaban J connectivity index is 1.30. The number of thioether (sulfide) groups is 1. The molecule has 29 heavy (non-hydrogen) atoms. The summed E-state index contributed by atoms with van der Waals surface area (Å²) in [6.45, 7) is 2.19. The Kier molecular flexibility index (Phi) is 5.76. The molecule has 4 rings (SSSR count). The van der Waals surface area contributed by atoms with E-state index in [-0.39, 0.29) is 18.3 Å². The summed E-state index contributed by atoms with van der Waals surface area (Å²) in [5, 5.41) is 13.3. The molecule has 146 valence electrons. The quantitative estimate of drug-likeness (QED) is 0.443. The van der Waals surface area contributed by atoms with Crippen LogP contribution in [0.15, 0.2) is 76.4 Å². The van der Waals surface area contributed by atoms with E-state index in [0.29, 0.717) is 11.1 Å². The van der Waals surface area contributed by atoms with Crippen LogP contribution >= 0.6 is 11.8 Å². The van der Waals surface area contributed by atoms with E-state index in [2.05, 4.69) is 15.5 Å². The summed E-state index contributed by atoms with van der Waals surface area (Å²) in [5.74, 6) is 1.13. The first-order chi connectivity index (χ1) is 14.2. The molecule has 0 atom stereocenters. The summed E-state index contributed by atoms with van der Waals surface area (Å²) >= 11 is 1.19. The lowest BCUT2D eigenvalue weighted by molar-refractivity contribution is -0.113. The number of aromatic nitrogens is 2. The minimum absolute atomic E-state index is 0.137. The fourth-order valence-electron chi connectivity index (χ4n) is 2.78. The van der Waals surface area contributed by atoms with Gasteiger partial charge in [-0.05, 0) is 30.5 Å². The van der Waals surface area contributed by atoms with Crippen molar-refractivity contribution in [2.24, 2.45) is 0 Å². The van der Waals surface area contributed by atoms with Gasteiger partial charge in [0.05, 0.1) is 5.75 Å². The molecule has 0 bridgehead atoms. The molecule has 1 amide bonds. The van der Waals surface area contributed by atoms with Crippen molar-refractivity contribution in [3.8, 4) is 5.75 Å². The first-order valence-corrected chi connectivity index (χ1v) is 10.1. The molecule has 1 N–H and O–H groups in total. The first kappa shape index (κ1) is 19.0. The van der Waals surface area contributed by atoms with Crippen molar-refractivity contribution in [2.45, 2.75) is 18.8 Å². The molecule has 0 aliphatic heterocycles. The van der Waals surface area contributed by atoms with Crippen LogP contribution in [0.4, 0.5) is 5.69 Å². The van der Waals surface area contributed by atoms with Crippen molar-refractivity contribution in [1.82, 2.24) is 10.2 Å². The number of benzene rings is 3. The van der Waals surface area contributed by atoms with Gasteiger partial charge in [0, 0.05) is 11.1 Å². The maximum absolute atomic E-state index is 12.3. The molecule has 1 heterocycles. The van der Waals surface area contributed by atoms with Gasteiger partial charge in [0.2, 0.25) is 5.91 Å². The van der Waals surface area contributed by atoms with Gasteiger partial charge in [0.15, 0.2) is 6.61 Å². The van der Waals surface area contributed by atoms with E-state index in [1.807, 2.05) is 73.7 Å². The van der Waals surface area contributed by atoms with Gasteiger partial charge < -0.3 is 14.5 Å². The second kappa shape index (κ2) is 8.79. The van der Waals surface area contributed by atoms with Crippen molar-refractivity contribution >= 4 is 34.1 Å². The average Bonchev–Trinajstić information content (AvgIpc) is 3.20. The maximum atomic E-state index is 12.3. The van der Waals surface area contributed by atoms with Crippen LogP contribution in [-0.2, 0) is 11.4 Å². The molecule has 0 spiro atoms. The molecule has 0 fully saturated rings. The van der Waals surface area contributed by atoms with Crippen molar-refractivity contribution in [3.05, 3.63) is 78.2 Å². The highest BCUT2D eigenvalue weighted by atomic mass is 32.2. The van der Waals surface area contributed by atoms with Crippen LogP contribution in [0.5, 0.6) is 5.75 Å². The second-order valence-corrected chi connectivity index (χ2v) is 7.35. The molecule has 6 nitrogen and oxygen atoms in total. The highest BCUT2D eigenvalue weighted by Gasteiger charge is 2.11. The molecule has 1 aromatic heterocycles. The summed E-state index contributed by atoms with van der Waals surface area (Å²) < 4.78 is 11.2. The summed E-state index contributed by atoms with van der Waals surface area (Å²) in [6, 6.07) is 21.5. The summed E-state index contributed by atoms with van der Waals surface area (Å²) in [5.41, 5.74) is 1.95. The molecule has 0 saturated carbocycles. The number of carbonyl (C=O) groups is 1. The highest BCUT2D eigenvalue weighted by Crippen LogP contribution is 2.24. The fourth-order valence-corrected chi connectivity index (χ4v) is 3.36. The van der Waals surface area contributed by atoms with Gasteiger partial charge in [-0.2, -0.15) is 0 Å². The van der Waals surface area contributed by atoms with E-state index >= 15 is 0 Å². The van der Waals surface area contributed by atoms with Crippen LogP contribution in [0, 0.1) is 6.92 Å². The Morgan fingerprint density at radius 1 is 1.03 bits per heavy atom. The first-order valence-electron chi connectivity index (χ1n) is 9.10. The monoisotopic (exact) mass is 405 g/mol. The van der Waals surface area contributed by atoms with Gasteiger partial charge in [0.1, 0.15) is 5.75 Å². The van der Waals surface area contributed by atoms with Crippen LogP contribution in [0.2, 0.25) is 0 Å². The third-order valence-corrected chi connectivity index (χ3v) is 5.04. The van der Waals surface area contributed by atoms with Crippen LogP contribution in [-0.4, -0.2) is 21.9 Å². The molecule has 0 aliphatic rings. The highest BCUT2D eigenvalue weighted by molar-refractivity contribution is 7.99. The SMILES string of the molecule is Cc1ccc(OCc2nnc(SCC(=O)Nc3cccc4ccccc34)o2)cc1. The second-order valence-electron chi connectivity index (χ2n) is 6.43. The van der Waals surface area contributed by atoms with Crippen LogP contribution in [0.1, 0.15) is 11.5 Å². The van der Waals surface area contributed by atoms with E-state index in [1.165, 1.54) is 11.8 Å². The molecular weight excluding hydrogens is 386 g/mol. The number of nitrogens with zero attached hydrogens (tertiary/aromatic N) is 2. The van der Waals surface area contributed by atoms with E-state index in [1.54, 1.807) is 0 Å². The summed E-state index contributed by atoms with van der Waals surface area (Å²) in [6.07, 6.45) is 0. The van der Waals surface area contributed by atoms with Gasteiger partial charge in [-0.3, -0.25) is 4.79 Å². The number of carbonyl (C=O) groups excluding carboxylic acids is 1. The van der Waals surface area contributed by atoms with Crippen LogP contribution < -0.4 is 10.1 Å². The Hall–Kier alpha value is -3.32. The van der Waals surface area contributed by atoms with Crippen molar-refractivity contribution in [1.29, 1.82) is 0 Å². The van der Waals surface area contributed by atoms with Crippen LogP contribution in [0.3, 0.4) is 0 Å². The van der Waals surface area contributed by atoms with Gasteiger partial charge in [-0.1, -0.05) is 65.9 Å². The zero-order valence-electron chi connectivity index (χ0n) is 15.8. The minimum Gasteiger partial charge on any atom is -0.484 e. The summed E-state index contributed by atoms with van der Waals surface area (Å²) in [4.78, 5) is 12.3. The minimum atomic E-state index is -0.137. The van der Waals surface area contributed by atoms with E-state index in [0.717, 1.165) is 27.8 Å². The Bertz CT molecular complexity index is 1120. The molecule has 0 saturated heterocycles. The third kappa shape index (κ3) is 4.94. The fraction of sp³-hybridized carbons (Fsp3) is 0.136. The lowest BCUT2D eigenvalue weighted by Gasteiger charge is -2.07. The van der Waals surface area contributed by atoms with Gasteiger partial charge in [0.25, 0.3) is 11.1 Å². The lowest BCUT2D eigenvalue weighted by Crippen LogP contribution is -2.14. The average molecular weight is 405 g/mol. The Labute approximate surface area is 172 Å². The van der Waals surface area contributed by atoms with Gasteiger partial charge in [-0.25, -0.2) is 0 Å². The molecule has 0 unspecified atom stereocenters. The molecule has 4 aromatic rings. The van der Waals surface area contributed by atoms with Crippen molar-refractivity contribution < 1.29 is 13.9 Å². The summed E-state index contributed by atoms with van der Waals surface area (Å²) in [7, 11) is 0. The van der Waals surface area contributed by atoms with E-state index in [9.17, 15) is 4.79 Å². The molecule has 3 aromatic carbocycles. The third-order valence-electron chi connectivity index (χ3n) is 4.22. The standard InChI is InChI=1S/C22H19N3O3S/c1-15-9-11-17(12-10-15)27-13-21-24-25-22(28-21)29-14-20(26)23-19-8-4-6-16-5-2-3-7-18(16)19/h2-12H,13-14H2,1H3,(H,23,26). The van der Waals surface area contributed by atoms with Crippen molar-refractivity contribution in [2.75, 3.05) is 11.1 Å². The van der Waals surface area contributed by atoms with Gasteiger partial charge >= 0.3 is 0 Å². The number of aryl methyl sites for hydroxylation is 1. The predicted octanol–water partition coefficient (Wildman–Crippen LogP) is 4.84. The number of anilines is 1. The van der Waals surface area contributed by atoms with Gasteiger partial charge in [-0.15, -0.1) is 10.2 Å². The molecular formula is C22H19N3O3S. The lowest BCUT2D eigenvalue weighted by atomic mass is 10.1. The van der Waals surface area contributed by atoms with E-state index in [4.69, 9.17) is 9.15 Å². The molecule has 0 radical (unpaired) electrons. The number of rotatable bonds is 7. The maximum Gasteiger partial charge on any atom is 0.277 e. The zero-order valence-corrected chi connectivity index (χ0v) is 16.6. The largest absolute Gasteiger partial charge is 0.484 e. The normalized spacial score (nSPS) is 10.8. The number of hydrogen-bond acceptors (Lipinski definition) is 6. The number of fused-ring (bicyclic) bond motifs is 1. The Morgan fingerprint density at radius 3 is 2.69 bits per heavy atom.